The first kappa shape index (κ1) is 21.7. The van der Waals surface area contributed by atoms with Crippen LogP contribution in [0, 0.1) is 0 Å². The Hall–Kier alpha value is -2.51. The van der Waals surface area contributed by atoms with Crippen LogP contribution in [-0.2, 0) is 5.41 Å². The van der Waals surface area contributed by atoms with Gasteiger partial charge in [0.05, 0.1) is 26.1 Å². The molecule has 8 heteroatoms. The molecule has 3 atom stereocenters. The van der Waals surface area contributed by atoms with Gasteiger partial charge in [0.2, 0.25) is 0 Å². The molecule has 1 saturated heterocycles. The first-order chi connectivity index (χ1) is 14.9. The molecule has 1 aromatic heterocycles. The molecule has 2 N–H and O–H groups in total. The first-order valence-electron chi connectivity index (χ1n) is 10.6. The van der Waals surface area contributed by atoms with Gasteiger partial charge in [-0.05, 0) is 69.1 Å². The number of pyridine rings is 1. The van der Waals surface area contributed by atoms with Crippen molar-refractivity contribution in [1.29, 1.82) is 0 Å². The normalized spacial score (nSPS) is 25.5. The summed E-state index contributed by atoms with van der Waals surface area (Å²) in [6.45, 7) is 1.04. The zero-order chi connectivity index (χ0) is 22.0. The molecule has 1 saturated carbocycles. The molecule has 2 fully saturated rings. The number of nitrogens with one attached hydrogen (secondary N) is 2. The van der Waals surface area contributed by atoms with Crippen LogP contribution in [-0.4, -0.2) is 55.8 Å². The lowest BCUT2D eigenvalue weighted by molar-refractivity contribution is 0.156. The molecule has 2 aromatic rings. The quantitative estimate of drug-likeness (QED) is 0.680. The molecule has 31 heavy (non-hydrogen) atoms. The van der Waals surface area contributed by atoms with Gasteiger partial charge < -0.3 is 25.0 Å². The van der Waals surface area contributed by atoms with Crippen LogP contribution in [0.1, 0.15) is 31.2 Å². The molecule has 1 aromatic carbocycles. The minimum atomic E-state index is -0.214. The smallest absolute Gasteiger partial charge is 0.319 e. The number of carbonyl (C=O) groups is 1. The van der Waals surface area contributed by atoms with E-state index in [0.717, 1.165) is 43.7 Å². The Balaban J connectivity index is 1.47. The molecule has 1 aliphatic heterocycles. The molecule has 0 spiro atoms. The number of urea groups is 1. The summed E-state index contributed by atoms with van der Waals surface area (Å²) in [5.74, 6) is 1.51. The molecule has 166 valence electrons. The van der Waals surface area contributed by atoms with E-state index in [1.54, 1.807) is 32.5 Å². The van der Waals surface area contributed by atoms with Crippen molar-refractivity contribution in [3.63, 3.8) is 0 Å². The highest BCUT2D eigenvalue weighted by molar-refractivity contribution is 6.29. The standard InChI is InChI=1S/C23H29ClN4O3/c1-28-11-10-23(15-4-6-18(30-2)19(12-15)31-3)9-8-16(13-20(23)28)26-22(29)27-17-5-7-21(24)25-14-17/h4-7,12,14,16,20H,8-11,13H2,1-3H3,(H2,26,27,29)/t16-,20+,23+/m1/s1. The predicted molar refractivity (Wildman–Crippen MR) is 121 cm³/mol. The lowest BCUT2D eigenvalue weighted by atomic mass is 9.65. The number of ether oxygens (including phenoxy) is 2. The van der Waals surface area contributed by atoms with Crippen LogP contribution in [0.3, 0.4) is 0 Å². The Morgan fingerprint density at radius 3 is 2.71 bits per heavy atom. The molecule has 7 nitrogen and oxygen atoms in total. The third-order valence-electron chi connectivity index (χ3n) is 6.81. The minimum Gasteiger partial charge on any atom is -0.493 e. The number of methoxy groups -OCH3 is 2. The molecule has 0 bridgehead atoms. The van der Waals surface area contributed by atoms with Gasteiger partial charge in [0, 0.05) is 17.5 Å². The van der Waals surface area contributed by atoms with Crippen molar-refractivity contribution in [3.8, 4) is 11.5 Å². The summed E-state index contributed by atoms with van der Waals surface area (Å²) in [5, 5.41) is 6.38. The molecule has 0 unspecified atom stereocenters. The fraction of sp³-hybridized carbons (Fsp3) is 0.478. The van der Waals surface area contributed by atoms with E-state index in [4.69, 9.17) is 21.1 Å². The molecule has 2 heterocycles. The number of likely N-dealkylation sites (N-methyl/N-ethyl adjacent to an activating group) is 1. The second kappa shape index (κ2) is 8.93. The van der Waals surface area contributed by atoms with Gasteiger partial charge in [-0.1, -0.05) is 17.7 Å². The number of hydrogen-bond donors (Lipinski definition) is 2. The average molecular weight is 445 g/mol. The average Bonchev–Trinajstić information content (AvgIpc) is 3.12. The zero-order valence-electron chi connectivity index (χ0n) is 18.2. The van der Waals surface area contributed by atoms with Gasteiger partial charge >= 0.3 is 6.03 Å². The molecular formula is C23H29ClN4O3. The van der Waals surface area contributed by atoms with Crippen molar-refractivity contribution in [2.45, 2.75) is 43.2 Å². The lowest BCUT2D eigenvalue weighted by Crippen LogP contribution is -2.52. The van der Waals surface area contributed by atoms with Gasteiger partial charge in [0.1, 0.15) is 5.15 Å². The Morgan fingerprint density at radius 2 is 2.00 bits per heavy atom. The van der Waals surface area contributed by atoms with Crippen molar-refractivity contribution in [2.24, 2.45) is 0 Å². The van der Waals surface area contributed by atoms with Gasteiger partial charge in [0.25, 0.3) is 0 Å². The number of hydrogen-bond acceptors (Lipinski definition) is 5. The van der Waals surface area contributed by atoms with E-state index in [0.29, 0.717) is 16.9 Å². The maximum atomic E-state index is 12.5. The van der Waals surface area contributed by atoms with Gasteiger partial charge in [-0.25, -0.2) is 9.78 Å². The third-order valence-corrected chi connectivity index (χ3v) is 7.03. The Morgan fingerprint density at radius 1 is 1.19 bits per heavy atom. The number of fused-ring (bicyclic) bond motifs is 1. The van der Waals surface area contributed by atoms with Crippen LogP contribution in [0.5, 0.6) is 11.5 Å². The van der Waals surface area contributed by atoms with Crippen LogP contribution >= 0.6 is 11.6 Å². The summed E-state index contributed by atoms with van der Waals surface area (Å²) in [6.07, 6.45) is 5.47. The molecule has 1 aliphatic carbocycles. The molecule has 4 rings (SSSR count). The van der Waals surface area contributed by atoms with Crippen LogP contribution in [0.2, 0.25) is 5.15 Å². The maximum absolute atomic E-state index is 12.5. The predicted octanol–water partition coefficient (Wildman–Crippen LogP) is 4.07. The lowest BCUT2D eigenvalue weighted by Gasteiger charge is -2.45. The van der Waals surface area contributed by atoms with Crippen molar-refractivity contribution in [3.05, 3.63) is 47.2 Å². The van der Waals surface area contributed by atoms with Crippen LogP contribution in [0.15, 0.2) is 36.5 Å². The Bertz CT molecular complexity index is 939. The monoisotopic (exact) mass is 444 g/mol. The van der Waals surface area contributed by atoms with Crippen LogP contribution in [0.4, 0.5) is 10.5 Å². The van der Waals surface area contributed by atoms with Crippen molar-refractivity contribution in [2.75, 3.05) is 33.1 Å². The highest BCUT2D eigenvalue weighted by atomic mass is 35.5. The number of anilines is 1. The third kappa shape index (κ3) is 4.29. The van der Waals surface area contributed by atoms with E-state index >= 15 is 0 Å². The molecule has 2 aliphatic rings. The zero-order valence-corrected chi connectivity index (χ0v) is 18.9. The summed E-state index contributed by atoms with van der Waals surface area (Å²) in [5.41, 5.74) is 1.97. The van der Waals surface area contributed by atoms with E-state index in [1.807, 2.05) is 6.07 Å². The summed E-state index contributed by atoms with van der Waals surface area (Å²) in [6, 6.07) is 9.93. The number of carbonyl (C=O) groups excluding carboxylic acids is 1. The summed E-state index contributed by atoms with van der Waals surface area (Å²) in [7, 11) is 5.51. The topological polar surface area (TPSA) is 75.7 Å². The van der Waals surface area contributed by atoms with E-state index < -0.39 is 0 Å². The largest absolute Gasteiger partial charge is 0.493 e. The SMILES string of the molecule is COc1ccc([C@@]23CC[C@@H](NC(=O)Nc4ccc(Cl)nc4)C[C@@H]2N(C)CC3)cc1OC. The number of nitrogens with zero attached hydrogens (tertiary/aromatic N) is 2. The summed E-state index contributed by atoms with van der Waals surface area (Å²) >= 11 is 5.81. The number of benzene rings is 1. The Labute approximate surface area is 188 Å². The van der Waals surface area contributed by atoms with Gasteiger partial charge in [-0.2, -0.15) is 0 Å². The van der Waals surface area contributed by atoms with Crippen molar-refractivity contribution >= 4 is 23.3 Å². The highest BCUT2D eigenvalue weighted by Crippen LogP contribution is 2.49. The number of halogens is 1. The molecule has 0 radical (unpaired) electrons. The van der Waals surface area contributed by atoms with Gasteiger partial charge in [-0.15, -0.1) is 0 Å². The fourth-order valence-electron chi connectivity index (χ4n) is 5.20. The van der Waals surface area contributed by atoms with Gasteiger partial charge in [-0.3, -0.25) is 0 Å². The maximum Gasteiger partial charge on any atom is 0.319 e. The second-order valence-electron chi connectivity index (χ2n) is 8.41. The second-order valence-corrected chi connectivity index (χ2v) is 8.80. The molecular weight excluding hydrogens is 416 g/mol. The highest BCUT2D eigenvalue weighted by Gasteiger charge is 2.50. The van der Waals surface area contributed by atoms with Crippen LogP contribution < -0.4 is 20.1 Å². The summed E-state index contributed by atoms with van der Waals surface area (Å²) < 4.78 is 11.0. The van der Waals surface area contributed by atoms with E-state index in [2.05, 4.69) is 39.7 Å². The first-order valence-corrected chi connectivity index (χ1v) is 10.9. The van der Waals surface area contributed by atoms with E-state index in [1.165, 1.54) is 5.56 Å². The number of amides is 2. The van der Waals surface area contributed by atoms with Crippen molar-refractivity contribution in [1.82, 2.24) is 15.2 Å². The van der Waals surface area contributed by atoms with E-state index in [9.17, 15) is 4.79 Å². The Kier molecular flexibility index (Phi) is 6.25. The number of likely N-dealkylation sites (tertiary alicyclic amines) is 1. The number of rotatable bonds is 5. The fourth-order valence-corrected chi connectivity index (χ4v) is 5.31. The minimum absolute atomic E-state index is 0.0586. The van der Waals surface area contributed by atoms with E-state index in [-0.39, 0.29) is 17.5 Å². The van der Waals surface area contributed by atoms with Crippen LogP contribution in [0.25, 0.3) is 0 Å². The number of aromatic nitrogens is 1. The van der Waals surface area contributed by atoms with Crippen molar-refractivity contribution < 1.29 is 14.3 Å². The summed E-state index contributed by atoms with van der Waals surface area (Å²) in [4.78, 5) is 18.9. The molecule has 2 amide bonds. The van der Waals surface area contributed by atoms with Gasteiger partial charge in [0.15, 0.2) is 11.5 Å².